The lowest BCUT2D eigenvalue weighted by atomic mass is 10.0. The summed E-state index contributed by atoms with van der Waals surface area (Å²) in [6.07, 6.45) is 5.31. The number of rotatable bonds is 7. The largest absolute Gasteiger partial charge is 0.399 e. The van der Waals surface area contributed by atoms with E-state index in [2.05, 4.69) is 26.0 Å². The molecule has 0 radical (unpaired) electrons. The summed E-state index contributed by atoms with van der Waals surface area (Å²) in [6, 6.07) is 8.19. The number of hydrogen-bond acceptors (Lipinski definition) is 2. The van der Waals surface area contributed by atoms with Crippen LogP contribution in [0, 0.1) is 5.92 Å². The molecule has 0 amide bonds. The molecule has 1 atom stereocenters. The second-order valence-electron chi connectivity index (χ2n) is 4.30. The van der Waals surface area contributed by atoms with Crippen LogP contribution < -0.4 is 5.73 Å². The highest BCUT2D eigenvalue weighted by Gasteiger charge is 2.06. The van der Waals surface area contributed by atoms with Crippen molar-refractivity contribution in [3.8, 4) is 0 Å². The molecule has 2 heteroatoms. The molecule has 0 bridgehead atoms. The van der Waals surface area contributed by atoms with E-state index >= 15 is 0 Å². The van der Waals surface area contributed by atoms with Crippen LogP contribution in [0.4, 0.5) is 5.69 Å². The molecule has 2 N–H and O–H groups in total. The Kier molecular flexibility index (Phi) is 6.39. The number of nitrogens with two attached hydrogens (primary N) is 1. The van der Waals surface area contributed by atoms with Crippen LogP contribution in [0.1, 0.15) is 39.5 Å². The van der Waals surface area contributed by atoms with Gasteiger partial charge in [-0.3, -0.25) is 0 Å². The molecule has 1 aromatic carbocycles. The molecule has 1 unspecified atom stereocenters. The lowest BCUT2D eigenvalue weighted by Gasteiger charge is -2.13. The summed E-state index contributed by atoms with van der Waals surface area (Å²) >= 11 is 1.94. The number of anilines is 1. The van der Waals surface area contributed by atoms with E-state index in [9.17, 15) is 0 Å². The van der Waals surface area contributed by atoms with E-state index in [0.29, 0.717) is 0 Å². The van der Waals surface area contributed by atoms with Crippen molar-refractivity contribution in [1.29, 1.82) is 0 Å². The van der Waals surface area contributed by atoms with Crippen molar-refractivity contribution in [2.24, 2.45) is 5.92 Å². The zero-order valence-electron chi connectivity index (χ0n) is 10.4. The average Bonchev–Trinajstić information content (AvgIpc) is 2.29. The topological polar surface area (TPSA) is 26.0 Å². The zero-order chi connectivity index (χ0) is 11.8. The van der Waals surface area contributed by atoms with E-state index in [1.54, 1.807) is 0 Å². The lowest BCUT2D eigenvalue weighted by molar-refractivity contribution is 0.499. The highest BCUT2D eigenvalue weighted by molar-refractivity contribution is 7.99. The second kappa shape index (κ2) is 7.61. The third-order valence-electron chi connectivity index (χ3n) is 2.89. The number of unbranched alkanes of at least 4 members (excludes halogenated alkanes) is 1. The van der Waals surface area contributed by atoms with Crippen molar-refractivity contribution in [2.75, 3.05) is 11.5 Å². The maximum Gasteiger partial charge on any atom is 0.0325 e. The van der Waals surface area contributed by atoms with Gasteiger partial charge in [-0.05, 0) is 30.5 Å². The molecule has 0 fully saturated rings. The molecule has 1 nitrogen and oxygen atoms in total. The first-order chi connectivity index (χ1) is 7.76. The molecular weight excluding hydrogens is 214 g/mol. The fourth-order valence-electron chi connectivity index (χ4n) is 1.72. The van der Waals surface area contributed by atoms with Crippen molar-refractivity contribution < 1.29 is 0 Å². The highest BCUT2D eigenvalue weighted by atomic mass is 32.2. The molecule has 90 valence electrons. The molecule has 0 saturated heterocycles. The summed E-state index contributed by atoms with van der Waals surface area (Å²) in [6.45, 7) is 4.55. The molecule has 0 heterocycles. The van der Waals surface area contributed by atoms with Gasteiger partial charge in [-0.25, -0.2) is 0 Å². The fourth-order valence-corrected chi connectivity index (χ4v) is 2.94. The van der Waals surface area contributed by atoms with Crippen LogP contribution in [-0.2, 0) is 0 Å². The lowest BCUT2D eigenvalue weighted by Crippen LogP contribution is -2.02. The first-order valence-corrected chi connectivity index (χ1v) is 7.23. The molecule has 0 aliphatic heterocycles. The number of thioether (sulfide) groups is 1. The van der Waals surface area contributed by atoms with Gasteiger partial charge in [0, 0.05) is 16.3 Å². The van der Waals surface area contributed by atoms with Gasteiger partial charge >= 0.3 is 0 Å². The van der Waals surface area contributed by atoms with E-state index < -0.39 is 0 Å². The Labute approximate surface area is 104 Å². The van der Waals surface area contributed by atoms with Crippen LogP contribution in [0.5, 0.6) is 0 Å². The molecule has 0 aliphatic rings. The van der Waals surface area contributed by atoms with Crippen LogP contribution in [0.3, 0.4) is 0 Å². The van der Waals surface area contributed by atoms with E-state index in [0.717, 1.165) is 11.6 Å². The van der Waals surface area contributed by atoms with Crippen molar-refractivity contribution in [2.45, 2.75) is 44.4 Å². The Morgan fingerprint density at radius 1 is 1.31 bits per heavy atom. The van der Waals surface area contributed by atoms with Crippen LogP contribution in [0.15, 0.2) is 29.2 Å². The van der Waals surface area contributed by atoms with Crippen molar-refractivity contribution in [3.05, 3.63) is 24.3 Å². The average molecular weight is 237 g/mol. The molecule has 0 spiro atoms. The van der Waals surface area contributed by atoms with Gasteiger partial charge in [0.2, 0.25) is 0 Å². The van der Waals surface area contributed by atoms with Gasteiger partial charge < -0.3 is 5.73 Å². The maximum absolute atomic E-state index is 5.76. The minimum absolute atomic E-state index is 0.853. The Bertz CT molecular complexity index is 299. The summed E-state index contributed by atoms with van der Waals surface area (Å²) in [4.78, 5) is 1.30. The van der Waals surface area contributed by atoms with Gasteiger partial charge in [-0.15, -0.1) is 11.8 Å². The Hall–Kier alpha value is -0.630. The zero-order valence-corrected chi connectivity index (χ0v) is 11.2. The minimum atomic E-state index is 0.853. The van der Waals surface area contributed by atoms with Gasteiger partial charge in [-0.1, -0.05) is 39.2 Å². The van der Waals surface area contributed by atoms with E-state index in [1.165, 1.54) is 36.3 Å². The Morgan fingerprint density at radius 3 is 2.75 bits per heavy atom. The first kappa shape index (κ1) is 13.4. The van der Waals surface area contributed by atoms with Gasteiger partial charge in [0.05, 0.1) is 0 Å². The molecule has 0 saturated carbocycles. The minimum Gasteiger partial charge on any atom is -0.399 e. The van der Waals surface area contributed by atoms with Crippen LogP contribution in [0.25, 0.3) is 0 Å². The van der Waals surface area contributed by atoms with Gasteiger partial charge in [0.25, 0.3) is 0 Å². The van der Waals surface area contributed by atoms with Crippen LogP contribution in [-0.4, -0.2) is 5.75 Å². The maximum atomic E-state index is 5.76. The Morgan fingerprint density at radius 2 is 2.12 bits per heavy atom. The third kappa shape index (κ3) is 4.93. The summed E-state index contributed by atoms with van der Waals surface area (Å²) in [5.41, 5.74) is 6.63. The van der Waals surface area contributed by atoms with Crippen molar-refractivity contribution >= 4 is 17.4 Å². The summed E-state index contributed by atoms with van der Waals surface area (Å²) in [7, 11) is 0. The SMILES string of the molecule is CCCCC(CC)CSc1cccc(N)c1. The summed E-state index contributed by atoms with van der Waals surface area (Å²) in [5, 5.41) is 0. The number of hydrogen-bond donors (Lipinski definition) is 1. The third-order valence-corrected chi connectivity index (χ3v) is 4.11. The Balaban J connectivity index is 2.37. The molecule has 0 aromatic heterocycles. The first-order valence-electron chi connectivity index (χ1n) is 6.24. The molecule has 1 rings (SSSR count). The number of nitrogen functional groups attached to an aromatic ring is 1. The normalized spacial score (nSPS) is 12.6. The van der Waals surface area contributed by atoms with E-state index in [-0.39, 0.29) is 0 Å². The predicted molar refractivity (Wildman–Crippen MR) is 74.9 cm³/mol. The predicted octanol–water partition coefficient (Wildman–Crippen LogP) is 4.58. The molecule has 1 aromatic rings. The van der Waals surface area contributed by atoms with Crippen LogP contribution in [0.2, 0.25) is 0 Å². The second-order valence-corrected chi connectivity index (χ2v) is 5.39. The fraction of sp³-hybridized carbons (Fsp3) is 0.571. The standard InChI is InChI=1S/C14H23NS/c1-3-5-7-12(4-2)11-16-14-9-6-8-13(15)10-14/h6,8-10,12H,3-5,7,11,15H2,1-2H3. The summed E-state index contributed by atoms with van der Waals surface area (Å²) in [5.74, 6) is 2.08. The number of benzene rings is 1. The van der Waals surface area contributed by atoms with Gasteiger partial charge in [0.1, 0.15) is 0 Å². The van der Waals surface area contributed by atoms with Gasteiger partial charge in [-0.2, -0.15) is 0 Å². The van der Waals surface area contributed by atoms with E-state index in [4.69, 9.17) is 5.73 Å². The van der Waals surface area contributed by atoms with E-state index in [1.807, 2.05) is 23.9 Å². The van der Waals surface area contributed by atoms with Gasteiger partial charge in [0.15, 0.2) is 0 Å². The summed E-state index contributed by atoms with van der Waals surface area (Å²) < 4.78 is 0. The molecular formula is C14H23NS. The molecule has 16 heavy (non-hydrogen) atoms. The van der Waals surface area contributed by atoms with Crippen molar-refractivity contribution in [1.82, 2.24) is 0 Å². The highest BCUT2D eigenvalue weighted by Crippen LogP contribution is 2.25. The smallest absolute Gasteiger partial charge is 0.0325 e. The van der Waals surface area contributed by atoms with Crippen LogP contribution >= 0.6 is 11.8 Å². The monoisotopic (exact) mass is 237 g/mol. The quantitative estimate of drug-likeness (QED) is 0.555. The molecule has 0 aliphatic carbocycles. The van der Waals surface area contributed by atoms with Crippen molar-refractivity contribution in [3.63, 3.8) is 0 Å².